The van der Waals surface area contributed by atoms with Crippen molar-refractivity contribution in [2.45, 2.75) is 25.7 Å². The van der Waals surface area contributed by atoms with Crippen molar-refractivity contribution < 1.29 is 13.5 Å². The molecule has 0 amide bonds. The second-order valence-electron chi connectivity index (χ2n) is 5.93. The van der Waals surface area contributed by atoms with Crippen LogP contribution in [-0.2, 0) is 10.2 Å². The lowest BCUT2D eigenvalue weighted by molar-refractivity contribution is 0.161. The molecule has 2 rings (SSSR count). The van der Waals surface area contributed by atoms with Crippen molar-refractivity contribution in [3.63, 3.8) is 0 Å². The molecule has 0 radical (unpaired) electrons. The lowest BCUT2D eigenvalue weighted by Gasteiger charge is -2.34. The molecule has 2 aliphatic rings. The number of rotatable bonds is 6. The van der Waals surface area contributed by atoms with Gasteiger partial charge in [0.25, 0.3) is 10.2 Å². The van der Waals surface area contributed by atoms with Gasteiger partial charge in [0.2, 0.25) is 0 Å². The summed E-state index contributed by atoms with van der Waals surface area (Å²) in [7, 11) is -1.71. The van der Waals surface area contributed by atoms with Crippen molar-refractivity contribution in [1.29, 1.82) is 0 Å². The molecule has 2 heterocycles. The number of hydrogen-bond acceptors (Lipinski definition) is 4. The van der Waals surface area contributed by atoms with Crippen molar-refractivity contribution in [3.05, 3.63) is 0 Å². The van der Waals surface area contributed by atoms with Crippen molar-refractivity contribution in [2.75, 3.05) is 52.9 Å². The quantitative estimate of drug-likeness (QED) is 0.748. The molecule has 0 spiro atoms. The molecule has 1 atom stereocenters. The minimum Gasteiger partial charge on any atom is -0.396 e. The van der Waals surface area contributed by atoms with E-state index in [4.69, 9.17) is 0 Å². The molecule has 0 aromatic rings. The predicted octanol–water partition coefficient (Wildman–Crippen LogP) is -0.0369. The van der Waals surface area contributed by atoms with E-state index in [0.717, 1.165) is 32.5 Å². The van der Waals surface area contributed by atoms with E-state index in [0.29, 0.717) is 19.6 Å². The molecule has 7 heteroatoms. The summed E-state index contributed by atoms with van der Waals surface area (Å²) in [4.78, 5) is 2.32. The Hall–Kier alpha value is -0.210. The van der Waals surface area contributed by atoms with Crippen LogP contribution in [0.3, 0.4) is 0 Å². The van der Waals surface area contributed by atoms with Crippen LogP contribution in [-0.4, -0.2) is 80.0 Å². The van der Waals surface area contributed by atoms with Crippen LogP contribution in [0.5, 0.6) is 0 Å². The van der Waals surface area contributed by atoms with Crippen LogP contribution >= 0.6 is 0 Å². The lowest BCUT2D eigenvalue weighted by Crippen LogP contribution is -2.48. The van der Waals surface area contributed by atoms with Crippen molar-refractivity contribution >= 4 is 10.2 Å². The maximum absolute atomic E-state index is 12.5. The summed E-state index contributed by atoms with van der Waals surface area (Å²) in [6.07, 6.45) is 4.20. The number of aliphatic hydroxyl groups is 1. The Morgan fingerprint density at radius 1 is 1.20 bits per heavy atom. The van der Waals surface area contributed by atoms with Crippen LogP contribution in [0.1, 0.15) is 25.7 Å². The average Bonchev–Trinajstić information content (AvgIpc) is 2.98. The number of likely N-dealkylation sites (N-methyl/N-ethyl adjacent to an activating group) is 1. The number of hydrogen-bond donors (Lipinski definition) is 1. The lowest BCUT2D eigenvalue weighted by atomic mass is 10.0. The largest absolute Gasteiger partial charge is 0.396 e. The third-order valence-electron chi connectivity index (χ3n) is 4.39. The van der Waals surface area contributed by atoms with Gasteiger partial charge in [-0.1, -0.05) is 0 Å². The van der Waals surface area contributed by atoms with E-state index in [2.05, 4.69) is 4.90 Å². The van der Waals surface area contributed by atoms with Gasteiger partial charge >= 0.3 is 0 Å². The van der Waals surface area contributed by atoms with Gasteiger partial charge in [0.1, 0.15) is 0 Å². The molecular weight excluding hydrogens is 278 g/mol. The Morgan fingerprint density at radius 3 is 2.55 bits per heavy atom. The summed E-state index contributed by atoms with van der Waals surface area (Å²) in [5, 5.41) is 9.22. The SMILES string of the molecule is CN(CCN1CCCC1)S(=O)(=O)N1CCCC(CO)C1. The highest BCUT2D eigenvalue weighted by atomic mass is 32.2. The highest BCUT2D eigenvalue weighted by molar-refractivity contribution is 7.86. The van der Waals surface area contributed by atoms with Gasteiger partial charge in [0.05, 0.1) is 0 Å². The van der Waals surface area contributed by atoms with Gasteiger partial charge in [-0.05, 0) is 44.7 Å². The van der Waals surface area contributed by atoms with Gasteiger partial charge in [-0.15, -0.1) is 0 Å². The van der Waals surface area contributed by atoms with Crippen molar-refractivity contribution in [2.24, 2.45) is 5.92 Å². The maximum atomic E-state index is 12.5. The second kappa shape index (κ2) is 7.17. The predicted molar refractivity (Wildman–Crippen MR) is 78.6 cm³/mol. The zero-order valence-electron chi connectivity index (χ0n) is 12.4. The Morgan fingerprint density at radius 2 is 1.90 bits per heavy atom. The van der Waals surface area contributed by atoms with Crippen LogP contribution in [0.4, 0.5) is 0 Å². The zero-order chi connectivity index (χ0) is 14.6. The van der Waals surface area contributed by atoms with E-state index in [-0.39, 0.29) is 12.5 Å². The van der Waals surface area contributed by atoms with E-state index >= 15 is 0 Å². The Balaban J connectivity index is 1.87. The molecule has 0 saturated carbocycles. The summed E-state index contributed by atoms with van der Waals surface area (Å²) >= 11 is 0. The van der Waals surface area contributed by atoms with Crippen LogP contribution in [0, 0.1) is 5.92 Å². The summed E-state index contributed by atoms with van der Waals surface area (Å²) in [6, 6.07) is 0. The summed E-state index contributed by atoms with van der Waals surface area (Å²) in [6.45, 7) is 4.63. The fourth-order valence-electron chi connectivity index (χ4n) is 2.99. The standard InChI is InChI=1S/C13H27N3O3S/c1-14(9-10-15-6-2-3-7-15)20(18,19)16-8-4-5-13(11-16)12-17/h13,17H,2-12H2,1H3. The Bertz CT molecular complexity index is 396. The van der Waals surface area contributed by atoms with Gasteiger partial charge in [-0.25, -0.2) is 0 Å². The minimum absolute atomic E-state index is 0.0729. The summed E-state index contributed by atoms with van der Waals surface area (Å²) in [5.74, 6) is 0.0884. The molecule has 0 bridgehead atoms. The fraction of sp³-hybridized carbons (Fsp3) is 1.00. The molecule has 1 unspecified atom stereocenters. The number of nitrogens with zero attached hydrogens (tertiary/aromatic N) is 3. The van der Waals surface area contributed by atoms with Gasteiger partial charge in [-0.2, -0.15) is 17.0 Å². The van der Waals surface area contributed by atoms with Crippen molar-refractivity contribution in [1.82, 2.24) is 13.5 Å². The third-order valence-corrected chi connectivity index (χ3v) is 6.34. The zero-order valence-corrected chi connectivity index (χ0v) is 13.2. The highest BCUT2D eigenvalue weighted by Crippen LogP contribution is 2.20. The maximum Gasteiger partial charge on any atom is 0.281 e. The van der Waals surface area contributed by atoms with Crippen LogP contribution < -0.4 is 0 Å². The molecule has 6 nitrogen and oxygen atoms in total. The molecule has 0 aromatic heterocycles. The van der Waals surface area contributed by atoms with Gasteiger partial charge in [0.15, 0.2) is 0 Å². The molecule has 0 aliphatic carbocycles. The smallest absolute Gasteiger partial charge is 0.281 e. The van der Waals surface area contributed by atoms with Crippen LogP contribution in [0.15, 0.2) is 0 Å². The number of aliphatic hydroxyl groups excluding tert-OH is 1. The Kier molecular flexibility index (Phi) is 5.80. The van der Waals surface area contributed by atoms with Gasteiger partial charge in [0, 0.05) is 39.8 Å². The first kappa shape index (κ1) is 16.2. The molecule has 1 N–H and O–H groups in total. The molecule has 20 heavy (non-hydrogen) atoms. The second-order valence-corrected chi connectivity index (χ2v) is 7.96. The first-order valence-corrected chi connectivity index (χ1v) is 8.98. The van der Waals surface area contributed by atoms with Crippen LogP contribution in [0.25, 0.3) is 0 Å². The van der Waals surface area contributed by atoms with Gasteiger partial charge < -0.3 is 10.0 Å². The first-order chi connectivity index (χ1) is 9.54. The molecule has 2 fully saturated rings. The fourth-order valence-corrected chi connectivity index (χ4v) is 4.45. The topological polar surface area (TPSA) is 64.1 Å². The van der Waals surface area contributed by atoms with E-state index < -0.39 is 10.2 Å². The molecular formula is C13H27N3O3S. The first-order valence-electron chi connectivity index (χ1n) is 7.58. The number of piperidine rings is 1. The van der Waals surface area contributed by atoms with E-state index in [1.807, 2.05) is 0 Å². The van der Waals surface area contributed by atoms with E-state index in [1.54, 1.807) is 7.05 Å². The van der Waals surface area contributed by atoms with Gasteiger partial charge in [-0.3, -0.25) is 0 Å². The number of likely N-dealkylation sites (tertiary alicyclic amines) is 1. The monoisotopic (exact) mass is 305 g/mol. The van der Waals surface area contributed by atoms with Crippen LogP contribution in [0.2, 0.25) is 0 Å². The third kappa shape index (κ3) is 3.92. The molecule has 118 valence electrons. The normalized spacial score (nSPS) is 26.4. The molecule has 2 saturated heterocycles. The molecule has 0 aromatic carbocycles. The Labute approximate surface area is 122 Å². The summed E-state index contributed by atoms with van der Waals surface area (Å²) in [5.41, 5.74) is 0. The highest BCUT2D eigenvalue weighted by Gasteiger charge is 2.31. The average molecular weight is 305 g/mol. The minimum atomic E-state index is -3.37. The van der Waals surface area contributed by atoms with E-state index in [1.165, 1.54) is 21.5 Å². The summed E-state index contributed by atoms with van der Waals surface area (Å²) < 4.78 is 28.0. The molecule has 2 aliphatic heterocycles. The van der Waals surface area contributed by atoms with E-state index in [9.17, 15) is 13.5 Å². The van der Waals surface area contributed by atoms with Crippen molar-refractivity contribution in [3.8, 4) is 0 Å².